The number of aliphatic imine (C=N–C) groups is 1. The first-order valence-electron chi connectivity index (χ1n) is 8.79. The molecule has 3 rings (SSSR count). The maximum absolute atomic E-state index is 6.17. The van der Waals surface area contributed by atoms with Gasteiger partial charge in [0, 0.05) is 31.9 Å². The van der Waals surface area contributed by atoms with E-state index in [2.05, 4.69) is 39.1 Å². The van der Waals surface area contributed by atoms with Crippen LogP contribution in [0.4, 0.5) is 5.69 Å². The Hall–Kier alpha value is -1.02. The third-order valence-corrected chi connectivity index (χ3v) is 4.67. The summed E-state index contributed by atoms with van der Waals surface area (Å²) in [7, 11) is 0. The molecule has 0 aromatic heterocycles. The van der Waals surface area contributed by atoms with Crippen molar-refractivity contribution in [2.75, 3.05) is 44.3 Å². The van der Waals surface area contributed by atoms with Crippen LogP contribution in [-0.4, -0.2) is 50.3 Å². The van der Waals surface area contributed by atoms with E-state index >= 15 is 0 Å². The molecule has 0 atom stereocenters. The number of anilines is 1. The number of likely N-dealkylation sites (tertiary alicyclic amines) is 1. The molecule has 0 unspecified atom stereocenters. The molecule has 134 valence electrons. The molecule has 0 amide bonds. The van der Waals surface area contributed by atoms with Gasteiger partial charge in [-0.25, -0.2) is 4.99 Å². The Morgan fingerprint density at radius 2 is 1.58 bits per heavy atom. The van der Waals surface area contributed by atoms with Crippen LogP contribution in [0.5, 0.6) is 0 Å². The summed E-state index contributed by atoms with van der Waals surface area (Å²) < 4.78 is 5.40. The second-order valence-electron chi connectivity index (χ2n) is 6.34. The predicted octanol–water partition coefficient (Wildman–Crippen LogP) is 2.83. The number of morpholine rings is 1. The fourth-order valence-electron chi connectivity index (χ4n) is 3.21. The summed E-state index contributed by atoms with van der Waals surface area (Å²) >= 11 is 0. The van der Waals surface area contributed by atoms with Gasteiger partial charge in [-0.15, -0.1) is 24.0 Å². The highest BCUT2D eigenvalue weighted by Gasteiger charge is 2.12. The maximum Gasteiger partial charge on any atom is 0.191 e. The zero-order valence-electron chi connectivity index (χ0n) is 14.3. The molecule has 0 spiro atoms. The molecule has 1 aromatic carbocycles. The Morgan fingerprint density at radius 1 is 0.958 bits per heavy atom. The van der Waals surface area contributed by atoms with Gasteiger partial charge in [0.1, 0.15) is 0 Å². The van der Waals surface area contributed by atoms with Gasteiger partial charge < -0.3 is 20.3 Å². The van der Waals surface area contributed by atoms with Crippen molar-refractivity contribution in [3.05, 3.63) is 29.8 Å². The highest BCUT2D eigenvalue weighted by Crippen LogP contribution is 2.17. The molecule has 2 aliphatic rings. The zero-order chi connectivity index (χ0) is 15.9. The van der Waals surface area contributed by atoms with E-state index in [4.69, 9.17) is 10.5 Å². The van der Waals surface area contributed by atoms with E-state index in [9.17, 15) is 0 Å². The van der Waals surface area contributed by atoms with Crippen LogP contribution in [0.15, 0.2) is 29.3 Å². The van der Waals surface area contributed by atoms with Gasteiger partial charge in [0.15, 0.2) is 5.96 Å². The average Bonchev–Trinajstić information content (AvgIpc) is 2.90. The standard InChI is InChI=1S/C18H28N4O.HI/c19-18(22-9-3-1-2-4-10-22)20-15-16-5-7-17(8-6-16)21-11-13-23-14-12-21;/h5-8H,1-4,9-15H2,(H2,19,20);1H. The number of hydrogen-bond acceptors (Lipinski definition) is 3. The van der Waals surface area contributed by atoms with Gasteiger partial charge in [-0.1, -0.05) is 25.0 Å². The van der Waals surface area contributed by atoms with Crippen molar-refractivity contribution >= 4 is 35.6 Å². The van der Waals surface area contributed by atoms with Crippen LogP contribution in [0, 0.1) is 0 Å². The fraction of sp³-hybridized carbons (Fsp3) is 0.611. The van der Waals surface area contributed by atoms with Crippen molar-refractivity contribution in [1.82, 2.24) is 4.90 Å². The highest BCUT2D eigenvalue weighted by atomic mass is 127. The summed E-state index contributed by atoms with van der Waals surface area (Å²) in [6.07, 6.45) is 5.08. The lowest BCUT2D eigenvalue weighted by Gasteiger charge is -2.28. The zero-order valence-corrected chi connectivity index (χ0v) is 16.7. The molecule has 2 saturated heterocycles. The number of benzene rings is 1. The average molecular weight is 444 g/mol. The molecule has 5 nitrogen and oxygen atoms in total. The Bertz CT molecular complexity index is 506. The molecule has 1 aromatic rings. The third-order valence-electron chi connectivity index (χ3n) is 4.67. The van der Waals surface area contributed by atoms with Crippen molar-refractivity contribution in [3.8, 4) is 0 Å². The lowest BCUT2D eigenvalue weighted by molar-refractivity contribution is 0.122. The molecule has 2 N–H and O–H groups in total. The van der Waals surface area contributed by atoms with Gasteiger partial charge in [0.2, 0.25) is 0 Å². The van der Waals surface area contributed by atoms with Crippen molar-refractivity contribution in [1.29, 1.82) is 0 Å². The van der Waals surface area contributed by atoms with Crippen molar-refractivity contribution in [2.45, 2.75) is 32.2 Å². The fourth-order valence-corrected chi connectivity index (χ4v) is 3.21. The van der Waals surface area contributed by atoms with Gasteiger partial charge in [-0.2, -0.15) is 0 Å². The molecule has 2 aliphatic heterocycles. The monoisotopic (exact) mass is 444 g/mol. The predicted molar refractivity (Wildman–Crippen MR) is 110 cm³/mol. The third kappa shape index (κ3) is 5.51. The lowest BCUT2D eigenvalue weighted by Crippen LogP contribution is -2.38. The normalized spacial score (nSPS) is 19.6. The summed E-state index contributed by atoms with van der Waals surface area (Å²) in [4.78, 5) is 9.18. The van der Waals surface area contributed by atoms with Crippen LogP contribution in [-0.2, 0) is 11.3 Å². The smallest absolute Gasteiger partial charge is 0.191 e. The van der Waals surface area contributed by atoms with E-state index < -0.39 is 0 Å². The molecule has 0 radical (unpaired) electrons. The number of nitrogens with zero attached hydrogens (tertiary/aromatic N) is 3. The molecular formula is C18H29IN4O. The quantitative estimate of drug-likeness (QED) is 0.443. The van der Waals surface area contributed by atoms with Gasteiger partial charge >= 0.3 is 0 Å². The van der Waals surface area contributed by atoms with E-state index in [0.717, 1.165) is 39.4 Å². The SMILES string of the molecule is I.NC(=NCc1ccc(N2CCOCC2)cc1)N1CCCCCC1. The minimum atomic E-state index is 0. The molecule has 24 heavy (non-hydrogen) atoms. The molecule has 2 heterocycles. The summed E-state index contributed by atoms with van der Waals surface area (Å²) in [5.74, 6) is 0.698. The van der Waals surface area contributed by atoms with E-state index in [0.29, 0.717) is 12.5 Å². The summed E-state index contributed by atoms with van der Waals surface area (Å²) in [6, 6.07) is 8.67. The Labute approximate surface area is 162 Å². The Morgan fingerprint density at radius 3 is 2.21 bits per heavy atom. The minimum absolute atomic E-state index is 0. The number of rotatable bonds is 3. The van der Waals surface area contributed by atoms with Crippen LogP contribution in [0.25, 0.3) is 0 Å². The first-order valence-corrected chi connectivity index (χ1v) is 8.79. The largest absolute Gasteiger partial charge is 0.378 e. The van der Waals surface area contributed by atoms with Crippen LogP contribution >= 0.6 is 24.0 Å². The van der Waals surface area contributed by atoms with Crippen LogP contribution in [0.3, 0.4) is 0 Å². The Kier molecular flexibility index (Phi) is 8.11. The van der Waals surface area contributed by atoms with Gasteiger partial charge in [-0.05, 0) is 30.5 Å². The molecule has 0 saturated carbocycles. The van der Waals surface area contributed by atoms with E-state index in [1.165, 1.54) is 36.9 Å². The second-order valence-corrected chi connectivity index (χ2v) is 6.34. The lowest BCUT2D eigenvalue weighted by atomic mass is 10.2. The summed E-state index contributed by atoms with van der Waals surface area (Å²) in [5, 5.41) is 0. The summed E-state index contributed by atoms with van der Waals surface area (Å²) in [6.45, 7) is 6.33. The van der Waals surface area contributed by atoms with Crippen molar-refractivity contribution in [2.24, 2.45) is 10.7 Å². The van der Waals surface area contributed by atoms with Crippen LogP contribution in [0.1, 0.15) is 31.2 Å². The molecule has 0 aliphatic carbocycles. The number of ether oxygens (including phenoxy) is 1. The first-order chi connectivity index (χ1) is 11.3. The number of guanidine groups is 1. The number of nitrogens with two attached hydrogens (primary N) is 1. The van der Waals surface area contributed by atoms with Crippen molar-refractivity contribution < 1.29 is 4.74 Å². The summed E-state index contributed by atoms with van der Waals surface area (Å²) in [5.41, 5.74) is 8.64. The Balaban J connectivity index is 0.00000208. The minimum Gasteiger partial charge on any atom is -0.378 e. The topological polar surface area (TPSA) is 54.1 Å². The molecule has 6 heteroatoms. The van der Waals surface area contributed by atoms with Crippen molar-refractivity contribution in [3.63, 3.8) is 0 Å². The molecule has 0 bridgehead atoms. The van der Waals surface area contributed by atoms with E-state index in [-0.39, 0.29) is 24.0 Å². The van der Waals surface area contributed by atoms with E-state index in [1.54, 1.807) is 0 Å². The number of hydrogen-bond donors (Lipinski definition) is 1. The van der Waals surface area contributed by atoms with Gasteiger partial charge in [0.25, 0.3) is 0 Å². The molecule has 2 fully saturated rings. The second kappa shape index (κ2) is 10.1. The highest BCUT2D eigenvalue weighted by molar-refractivity contribution is 14.0. The van der Waals surface area contributed by atoms with Gasteiger partial charge in [-0.3, -0.25) is 0 Å². The molecular weight excluding hydrogens is 415 g/mol. The first kappa shape index (κ1) is 19.3. The van der Waals surface area contributed by atoms with Gasteiger partial charge in [0.05, 0.1) is 19.8 Å². The van der Waals surface area contributed by atoms with E-state index in [1.807, 2.05) is 0 Å². The van der Waals surface area contributed by atoms with Crippen LogP contribution < -0.4 is 10.6 Å². The maximum atomic E-state index is 6.17. The number of halogens is 1. The van der Waals surface area contributed by atoms with Crippen LogP contribution in [0.2, 0.25) is 0 Å².